The van der Waals surface area contributed by atoms with Gasteiger partial charge in [-0.2, -0.15) is 4.89 Å². The first kappa shape index (κ1) is 9.21. The molecule has 0 atom stereocenters. The third-order valence-corrected chi connectivity index (χ3v) is 1.75. The zero-order valence-electron chi connectivity index (χ0n) is 6.82. The Bertz CT molecular complexity index is 228. The number of nitrogens with zero attached hydrogens (tertiary/aromatic N) is 2. The second-order valence-corrected chi connectivity index (χ2v) is 3.14. The van der Waals surface area contributed by atoms with Gasteiger partial charge in [0.25, 0.3) is 0 Å². The predicted molar refractivity (Wildman–Crippen MR) is 45.8 cm³/mol. The molecular weight excluding hydrogens is 178 g/mol. The van der Waals surface area contributed by atoms with E-state index in [9.17, 15) is 0 Å². The summed E-state index contributed by atoms with van der Waals surface area (Å²) in [5.74, 6) is 0. The van der Waals surface area contributed by atoms with E-state index in [2.05, 4.69) is 17.1 Å². The first-order valence-electron chi connectivity index (χ1n) is 3.71. The van der Waals surface area contributed by atoms with Crippen molar-refractivity contribution in [2.24, 2.45) is 0 Å². The molecule has 0 saturated heterocycles. The zero-order valence-corrected chi connectivity index (χ0v) is 7.63. The predicted octanol–water partition coefficient (Wildman–Crippen LogP) is 1.23. The van der Waals surface area contributed by atoms with Crippen LogP contribution in [0.15, 0.2) is 0 Å². The van der Waals surface area contributed by atoms with Crippen molar-refractivity contribution in [2.75, 3.05) is 12.3 Å². The van der Waals surface area contributed by atoms with Gasteiger partial charge in [0.15, 0.2) is 0 Å². The number of nitrogen functional groups attached to an aromatic ring is 1. The van der Waals surface area contributed by atoms with Gasteiger partial charge in [0.05, 0.1) is 6.61 Å². The van der Waals surface area contributed by atoms with E-state index >= 15 is 0 Å². The van der Waals surface area contributed by atoms with Gasteiger partial charge in [-0.05, 0) is 17.8 Å². The van der Waals surface area contributed by atoms with Gasteiger partial charge in [-0.15, -0.1) is 5.10 Å². The van der Waals surface area contributed by atoms with Crippen molar-refractivity contribution in [1.82, 2.24) is 10.2 Å². The molecule has 12 heavy (non-hydrogen) atoms. The third kappa shape index (κ3) is 3.02. The number of nitrogens with two attached hydrogens (primary N) is 1. The van der Waals surface area contributed by atoms with Gasteiger partial charge in [0.2, 0.25) is 5.13 Å². The molecule has 2 N–H and O–H groups in total. The summed E-state index contributed by atoms with van der Waals surface area (Å²) >= 11 is 1.15. The number of unbranched alkanes of at least 4 members (excludes halogenated alkanes) is 1. The number of rotatable bonds is 5. The molecule has 0 aliphatic carbocycles. The van der Waals surface area contributed by atoms with Crippen molar-refractivity contribution in [3.8, 4) is 5.19 Å². The van der Waals surface area contributed by atoms with Crippen LogP contribution in [0.2, 0.25) is 0 Å². The molecule has 0 radical (unpaired) electrons. The quantitative estimate of drug-likeness (QED) is 0.428. The topological polar surface area (TPSA) is 70.3 Å². The van der Waals surface area contributed by atoms with Crippen LogP contribution in [0.3, 0.4) is 0 Å². The first-order valence-corrected chi connectivity index (χ1v) is 4.53. The Labute approximate surface area is 74.4 Å². The lowest BCUT2D eigenvalue weighted by Crippen LogP contribution is -1.98. The Morgan fingerprint density at radius 2 is 2.33 bits per heavy atom. The van der Waals surface area contributed by atoms with E-state index in [-0.39, 0.29) is 0 Å². The SMILES string of the molecule is CCCCOOc1nnc(N)s1. The molecule has 5 nitrogen and oxygen atoms in total. The Kier molecular flexibility index (Phi) is 3.75. The van der Waals surface area contributed by atoms with Gasteiger partial charge in [-0.25, -0.2) is 0 Å². The van der Waals surface area contributed by atoms with Crippen LogP contribution < -0.4 is 10.6 Å². The average molecular weight is 189 g/mol. The summed E-state index contributed by atoms with van der Waals surface area (Å²) in [6.45, 7) is 2.64. The highest BCUT2D eigenvalue weighted by Crippen LogP contribution is 2.18. The fourth-order valence-corrected chi connectivity index (χ4v) is 0.974. The molecule has 0 aromatic carbocycles. The molecule has 0 aliphatic heterocycles. The minimum absolute atomic E-state index is 0.351. The number of aromatic nitrogens is 2. The molecule has 0 amide bonds. The van der Waals surface area contributed by atoms with Crippen LogP contribution in [-0.2, 0) is 4.89 Å². The summed E-state index contributed by atoms with van der Waals surface area (Å²) in [6.07, 6.45) is 2.04. The smallest absolute Gasteiger partial charge is 0.334 e. The zero-order chi connectivity index (χ0) is 8.81. The van der Waals surface area contributed by atoms with Crippen LogP contribution in [-0.4, -0.2) is 16.8 Å². The highest BCUT2D eigenvalue weighted by molar-refractivity contribution is 7.16. The highest BCUT2D eigenvalue weighted by atomic mass is 32.1. The molecule has 1 aromatic rings. The first-order chi connectivity index (χ1) is 5.83. The van der Waals surface area contributed by atoms with Crippen LogP contribution in [0.25, 0.3) is 0 Å². The number of hydrogen-bond donors (Lipinski definition) is 1. The number of anilines is 1. The summed E-state index contributed by atoms with van der Waals surface area (Å²) in [7, 11) is 0. The summed E-state index contributed by atoms with van der Waals surface area (Å²) in [6, 6.07) is 0. The van der Waals surface area contributed by atoms with Crippen molar-refractivity contribution < 1.29 is 9.78 Å². The second-order valence-electron chi connectivity index (χ2n) is 2.17. The van der Waals surface area contributed by atoms with E-state index in [0.29, 0.717) is 16.9 Å². The molecule has 0 unspecified atom stereocenters. The van der Waals surface area contributed by atoms with Crippen molar-refractivity contribution in [3.63, 3.8) is 0 Å². The molecule has 0 spiro atoms. The van der Waals surface area contributed by atoms with Crippen LogP contribution in [0.5, 0.6) is 5.19 Å². The molecule has 0 aliphatic rings. The van der Waals surface area contributed by atoms with E-state index in [1.807, 2.05) is 0 Å². The molecule has 1 aromatic heterocycles. The van der Waals surface area contributed by atoms with Crippen molar-refractivity contribution in [1.29, 1.82) is 0 Å². The van der Waals surface area contributed by atoms with Gasteiger partial charge >= 0.3 is 5.19 Å². The van der Waals surface area contributed by atoms with E-state index in [0.717, 1.165) is 24.2 Å². The van der Waals surface area contributed by atoms with E-state index < -0.39 is 0 Å². The molecule has 0 fully saturated rings. The lowest BCUT2D eigenvalue weighted by Gasteiger charge is -1.97. The summed E-state index contributed by atoms with van der Waals surface area (Å²) in [5, 5.41) is 7.90. The van der Waals surface area contributed by atoms with Crippen LogP contribution in [0.4, 0.5) is 5.13 Å². The third-order valence-electron chi connectivity index (χ3n) is 1.13. The van der Waals surface area contributed by atoms with Gasteiger partial charge in [0.1, 0.15) is 0 Å². The monoisotopic (exact) mass is 189 g/mol. The van der Waals surface area contributed by atoms with E-state index in [4.69, 9.17) is 15.5 Å². The maximum Gasteiger partial charge on any atom is 0.334 e. The molecule has 0 saturated carbocycles. The van der Waals surface area contributed by atoms with E-state index in [1.165, 1.54) is 0 Å². The fraction of sp³-hybridized carbons (Fsp3) is 0.667. The van der Waals surface area contributed by atoms with Gasteiger partial charge in [-0.1, -0.05) is 18.4 Å². The summed E-state index contributed by atoms with van der Waals surface area (Å²) in [4.78, 5) is 9.62. The molecular formula is C6H11N3O2S. The molecule has 0 bridgehead atoms. The van der Waals surface area contributed by atoms with Crippen molar-refractivity contribution in [3.05, 3.63) is 0 Å². The standard InChI is InChI=1S/C6H11N3O2S/c1-2-3-4-10-11-6-9-8-5(7)12-6/h2-4H2,1H3,(H2,7,8). The lowest BCUT2D eigenvalue weighted by molar-refractivity contribution is -0.207. The Balaban J connectivity index is 2.15. The van der Waals surface area contributed by atoms with E-state index in [1.54, 1.807) is 0 Å². The van der Waals surface area contributed by atoms with Crippen LogP contribution in [0, 0.1) is 0 Å². The molecule has 1 rings (SSSR count). The van der Waals surface area contributed by atoms with Gasteiger partial charge in [0, 0.05) is 0 Å². The Hall–Kier alpha value is -0.880. The normalized spacial score (nSPS) is 10.1. The Morgan fingerprint density at radius 3 is 2.92 bits per heavy atom. The Morgan fingerprint density at radius 1 is 1.50 bits per heavy atom. The van der Waals surface area contributed by atoms with Crippen LogP contribution >= 0.6 is 11.3 Å². The number of hydrogen-bond acceptors (Lipinski definition) is 6. The summed E-state index contributed by atoms with van der Waals surface area (Å²) in [5.41, 5.74) is 5.32. The van der Waals surface area contributed by atoms with Gasteiger partial charge in [-0.3, -0.25) is 0 Å². The fourth-order valence-electron chi connectivity index (χ4n) is 0.549. The minimum atomic E-state index is 0.351. The summed E-state index contributed by atoms with van der Waals surface area (Å²) < 4.78 is 0. The minimum Gasteiger partial charge on any atom is -0.374 e. The maximum absolute atomic E-state index is 5.32. The van der Waals surface area contributed by atoms with Gasteiger partial charge < -0.3 is 10.6 Å². The average Bonchev–Trinajstić information content (AvgIpc) is 2.45. The van der Waals surface area contributed by atoms with Crippen LogP contribution in [0.1, 0.15) is 19.8 Å². The molecule has 6 heteroatoms. The lowest BCUT2D eigenvalue weighted by atomic mass is 10.4. The molecule has 1 heterocycles. The van der Waals surface area contributed by atoms with Crippen molar-refractivity contribution >= 4 is 16.5 Å². The second kappa shape index (κ2) is 4.89. The van der Waals surface area contributed by atoms with Crippen molar-refractivity contribution in [2.45, 2.75) is 19.8 Å². The largest absolute Gasteiger partial charge is 0.374 e. The highest BCUT2D eigenvalue weighted by Gasteiger charge is 2.01. The molecule has 68 valence electrons. The maximum atomic E-state index is 5.32.